The number of nitrogens with two attached hydrogens (primary N) is 1. The molecule has 0 fully saturated rings. The summed E-state index contributed by atoms with van der Waals surface area (Å²) in [6.45, 7) is 0. The van der Waals surface area contributed by atoms with Gasteiger partial charge >= 0.3 is 0 Å². The summed E-state index contributed by atoms with van der Waals surface area (Å²) in [5, 5.41) is 2.31. The molecule has 120 valence electrons. The molecule has 1 aromatic heterocycles. The largest absolute Gasteiger partial charge is 0.368 e. The SMILES string of the molecule is NC(=O)[C@H](Cc1cccnc1Br)NC(=O)c1cccc(F)c1F. The molecule has 8 heteroatoms. The van der Waals surface area contributed by atoms with Gasteiger partial charge in [-0.2, -0.15) is 0 Å². The van der Waals surface area contributed by atoms with Crippen molar-refractivity contribution < 1.29 is 18.4 Å². The lowest BCUT2D eigenvalue weighted by Crippen LogP contribution is -2.46. The zero-order chi connectivity index (χ0) is 17.0. The van der Waals surface area contributed by atoms with E-state index in [1.54, 1.807) is 18.3 Å². The third kappa shape index (κ3) is 4.10. The van der Waals surface area contributed by atoms with Gasteiger partial charge in [0.15, 0.2) is 11.6 Å². The van der Waals surface area contributed by atoms with Gasteiger partial charge in [0.1, 0.15) is 10.6 Å². The third-order valence-electron chi connectivity index (χ3n) is 3.11. The van der Waals surface area contributed by atoms with Crippen LogP contribution in [0.1, 0.15) is 15.9 Å². The van der Waals surface area contributed by atoms with Crippen LogP contribution in [0.4, 0.5) is 8.78 Å². The molecule has 23 heavy (non-hydrogen) atoms. The average Bonchev–Trinajstić information content (AvgIpc) is 2.51. The first kappa shape index (κ1) is 17.0. The summed E-state index contributed by atoms with van der Waals surface area (Å²) in [5.41, 5.74) is 5.41. The van der Waals surface area contributed by atoms with E-state index in [1.807, 2.05) is 0 Å². The molecular weight excluding hydrogens is 372 g/mol. The van der Waals surface area contributed by atoms with Crippen LogP contribution in [-0.2, 0) is 11.2 Å². The molecule has 0 saturated heterocycles. The van der Waals surface area contributed by atoms with Gasteiger partial charge in [-0.3, -0.25) is 9.59 Å². The van der Waals surface area contributed by atoms with Gasteiger partial charge in [0.25, 0.3) is 5.91 Å². The van der Waals surface area contributed by atoms with Gasteiger partial charge in [0.2, 0.25) is 5.91 Å². The number of halogens is 3. The van der Waals surface area contributed by atoms with E-state index < -0.39 is 35.1 Å². The second-order valence-electron chi connectivity index (χ2n) is 4.69. The maximum atomic E-state index is 13.6. The molecule has 3 N–H and O–H groups in total. The molecule has 1 aromatic carbocycles. The lowest BCUT2D eigenvalue weighted by Gasteiger charge is -2.16. The van der Waals surface area contributed by atoms with E-state index in [0.29, 0.717) is 10.2 Å². The van der Waals surface area contributed by atoms with Crippen LogP contribution in [0.5, 0.6) is 0 Å². The number of hydrogen-bond acceptors (Lipinski definition) is 3. The number of nitrogens with one attached hydrogen (secondary N) is 1. The number of primary amides is 1. The number of hydrogen-bond donors (Lipinski definition) is 2. The van der Waals surface area contributed by atoms with E-state index >= 15 is 0 Å². The van der Waals surface area contributed by atoms with Crippen molar-refractivity contribution in [1.29, 1.82) is 0 Å². The van der Waals surface area contributed by atoms with E-state index in [9.17, 15) is 18.4 Å². The predicted octanol–water partition coefficient (Wildman–Crippen LogP) is 1.95. The molecule has 0 saturated carbocycles. The van der Waals surface area contributed by atoms with Crippen molar-refractivity contribution in [3.05, 3.63) is 63.9 Å². The second kappa shape index (κ2) is 7.28. The Balaban J connectivity index is 2.20. The Morgan fingerprint density at radius 2 is 2.00 bits per heavy atom. The fraction of sp³-hybridized carbons (Fsp3) is 0.133. The van der Waals surface area contributed by atoms with Gasteiger partial charge in [0, 0.05) is 12.6 Å². The number of pyridine rings is 1. The summed E-state index contributed by atoms with van der Waals surface area (Å²) >= 11 is 3.22. The first-order valence-corrected chi connectivity index (χ1v) is 7.33. The van der Waals surface area contributed by atoms with Crippen molar-refractivity contribution in [3.8, 4) is 0 Å². The van der Waals surface area contributed by atoms with Crippen molar-refractivity contribution in [1.82, 2.24) is 10.3 Å². The molecule has 2 aromatic rings. The molecule has 0 unspecified atom stereocenters. The zero-order valence-corrected chi connectivity index (χ0v) is 13.3. The number of carbonyl (C=O) groups excluding carboxylic acids is 2. The highest BCUT2D eigenvalue weighted by Crippen LogP contribution is 2.16. The van der Waals surface area contributed by atoms with Crippen LogP contribution >= 0.6 is 15.9 Å². The fourth-order valence-corrected chi connectivity index (χ4v) is 2.34. The van der Waals surface area contributed by atoms with Gasteiger partial charge in [0.05, 0.1) is 5.56 Å². The number of nitrogens with zero attached hydrogens (tertiary/aromatic N) is 1. The Hall–Kier alpha value is -2.35. The maximum absolute atomic E-state index is 13.6. The first-order chi connectivity index (χ1) is 10.9. The van der Waals surface area contributed by atoms with Crippen LogP contribution in [0.3, 0.4) is 0 Å². The van der Waals surface area contributed by atoms with Crippen LogP contribution in [-0.4, -0.2) is 22.8 Å². The summed E-state index contributed by atoms with van der Waals surface area (Å²) in [4.78, 5) is 27.6. The molecule has 2 rings (SSSR count). The molecule has 5 nitrogen and oxygen atoms in total. The van der Waals surface area contributed by atoms with Crippen LogP contribution < -0.4 is 11.1 Å². The first-order valence-electron chi connectivity index (χ1n) is 6.53. The van der Waals surface area contributed by atoms with E-state index in [2.05, 4.69) is 26.2 Å². The standard InChI is InChI=1S/C15H12BrF2N3O2/c16-13-8(3-2-6-20-13)7-11(14(19)22)21-15(23)9-4-1-5-10(17)12(9)18/h1-6,11H,7H2,(H2,19,22)(H,21,23)/t11-/m0/s1. The number of carbonyl (C=O) groups is 2. The fourth-order valence-electron chi connectivity index (χ4n) is 1.93. The Kier molecular flexibility index (Phi) is 5.38. The number of aromatic nitrogens is 1. The minimum absolute atomic E-state index is 0.0619. The summed E-state index contributed by atoms with van der Waals surface area (Å²) in [5.74, 6) is -4.16. The van der Waals surface area contributed by atoms with Crippen LogP contribution in [0.15, 0.2) is 41.1 Å². The van der Waals surface area contributed by atoms with Gasteiger partial charge < -0.3 is 11.1 Å². The van der Waals surface area contributed by atoms with Crippen LogP contribution in [0.2, 0.25) is 0 Å². The van der Waals surface area contributed by atoms with Crippen molar-refractivity contribution >= 4 is 27.7 Å². The molecular formula is C15H12BrF2N3O2. The van der Waals surface area contributed by atoms with Crippen LogP contribution in [0, 0.1) is 11.6 Å². The number of benzene rings is 1. The van der Waals surface area contributed by atoms with E-state index in [1.165, 1.54) is 6.07 Å². The molecule has 1 atom stereocenters. The molecule has 1 heterocycles. The summed E-state index contributed by atoms with van der Waals surface area (Å²) in [7, 11) is 0. The van der Waals surface area contributed by atoms with Gasteiger partial charge in [-0.25, -0.2) is 13.8 Å². The lowest BCUT2D eigenvalue weighted by atomic mass is 10.1. The van der Waals surface area contributed by atoms with Gasteiger partial charge in [-0.05, 0) is 39.7 Å². The van der Waals surface area contributed by atoms with Crippen LogP contribution in [0.25, 0.3) is 0 Å². The van der Waals surface area contributed by atoms with Crippen molar-refractivity contribution in [2.75, 3.05) is 0 Å². The maximum Gasteiger partial charge on any atom is 0.255 e. The summed E-state index contributed by atoms with van der Waals surface area (Å²) in [6, 6.07) is 5.47. The highest BCUT2D eigenvalue weighted by Gasteiger charge is 2.23. The highest BCUT2D eigenvalue weighted by molar-refractivity contribution is 9.10. The Labute approximate surface area is 139 Å². The third-order valence-corrected chi connectivity index (χ3v) is 3.82. The number of rotatable bonds is 5. The minimum atomic E-state index is -1.28. The average molecular weight is 384 g/mol. The molecule has 2 amide bonds. The van der Waals surface area contributed by atoms with Gasteiger partial charge in [-0.15, -0.1) is 0 Å². The molecule has 0 bridgehead atoms. The Morgan fingerprint density at radius 3 is 2.65 bits per heavy atom. The lowest BCUT2D eigenvalue weighted by molar-refractivity contribution is -0.119. The molecule has 0 aliphatic carbocycles. The smallest absolute Gasteiger partial charge is 0.255 e. The van der Waals surface area contributed by atoms with Crippen molar-refractivity contribution in [3.63, 3.8) is 0 Å². The van der Waals surface area contributed by atoms with E-state index in [0.717, 1.165) is 12.1 Å². The molecule has 0 spiro atoms. The normalized spacial score (nSPS) is 11.8. The Morgan fingerprint density at radius 1 is 1.26 bits per heavy atom. The summed E-state index contributed by atoms with van der Waals surface area (Å²) in [6.07, 6.45) is 1.61. The van der Waals surface area contributed by atoms with Crippen molar-refractivity contribution in [2.45, 2.75) is 12.5 Å². The summed E-state index contributed by atoms with van der Waals surface area (Å²) < 4.78 is 27.3. The van der Waals surface area contributed by atoms with E-state index in [-0.39, 0.29) is 6.42 Å². The zero-order valence-electron chi connectivity index (χ0n) is 11.7. The van der Waals surface area contributed by atoms with Crippen molar-refractivity contribution in [2.24, 2.45) is 5.73 Å². The molecule has 0 radical (unpaired) electrons. The monoisotopic (exact) mass is 383 g/mol. The molecule has 0 aliphatic heterocycles. The highest BCUT2D eigenvalue weighted by atomic mass is 79.9. The molecule has 0 aliphatic rings. The topological polar surface area (TPSA) is 85.1 Å². The number of amides is 2. The predicted molar refractivity (Wildman–Crippen MR) is 82.4 cm³/mol. The van der Waals surface area contributed by atoms with E-state index in [4.69, 9.17) is 5.73 Å². The Bertz CT molecular complexity index is 755. The van der Waals surface area contributed by atoms with Gasteiger partial charge in [-0.1, -0.05) is 12.1 Å². The second-order valence-corrected chi connectivity index (χ2v) is 5.44. The quantitative estimate of drug-likeness (QED) is 0.773. The minimum Gasteiger partial charge on any atom is -0.368 e.